The van der Waals surface area contributed by atoms with Crippen LogP contribution < -0.4 is 14.8 Å². The van der Waals surface area contributed by atoms with Gasteiger partial charge in [0.05, 0.1) is 19.9 Å². The van der Waals surface area contributed by atoms with Crippen molar-refractivity contribution in [3.8, 4) is 11.5 Å². The fourth-order valence-corrected chi connectivity index (χ4v) is 2.64. The molecule has 0 atom stereocenters. The summed E-state index contributed by atoms with van der Waals surface area (Å²) in [7, 11) is 3.42. The molecule has 0 bridgehead atoms. The maximum Gasteiger partial charge on any atom is 0.142 e. The summed E-state index contributed by atoms with van der Waals surface area (Å²) in [6, 6.07) is 6.58. The number of ether oxygens (including phenoxy) is 2. The summed E-state index contributed by atoms with van der Waals surface area (Å²) in [5.74, 6) is 3.52. The molecule has 0 saturated heterocycles. The van der Waals surface area contributed by atoms with E-state index in [-0.39, 0.29) is 0 Å². The second-order valence-electron chi connectivity index (χ2n) is 5.41. The van der Waals surface area contributed by atoms with Gasteiger partial charge in [-0.25, -0.2) is 0 Å². The molecule has 2 aliphatic rings. The van der Waals surface area contributed by atoms with E-state index in [1.807, 2.05) is 18.2 Å². The third-order valence-electron chi connectivity index (χ3n) is 3.99. The molecule has 3 rings (SSSR count). The highest BCUT2D eigenvalue weighted by Crippen LogP contribution is 2.46. The van der Waals surface area contributed by atoms with Crippen molar-refractivity contribution in [2.75, 3.05) is 19.5 Å². The quantitative estimate of drug-likeness (QED) is 0.836. The number of nitrogens with one attached hydrogen (secondary N) is 1. The summed E-state index contributed by atoms with van der Waals surface area (Å²) in [6.45, 7) is 0. The third kappa shape index (κ3) is 2.40. The molecule has 3 heteroatoms. The molecular formula is C15H21NO2. The molecule has 2 aliphatic carbocycles. The van der Waals surface area contributed by atoms with E-state index in [1.54, 1.807) is 14.2 Å². The van der Waals surface area contributed by atoms with Gasteiger partial charge in [0, 0.05) is 12.1 Å². The van der Waals surface area contributed by atoms with Gasteiger partial charge in [-0.15, -0.1) is 0 Å². The van der Waals surface area contributed by atoms with E-state index in [9.17, 15) is 0 Å². The number of hydrogen-bond donors (Lipinski definition) is 1. The zero-order chi connectivity index (χ0) is 12.5. The Bertz CT molecular complexity index is 413. The zero-order valence-electron chi connectivity index (χ0n) is 11.1. The summed E-state index contributed by atoms with van der Waals surface area (Å²) < 4.78 is 10.7. The van der Waals surface area contributed by atoms with Crippen molar-refractivity contribution in [2.24, 2.45) is 11.8 Å². The van der Waals surface area contributed by atoms with Gasteiger partial charge in [-0.2, -0.15) is 0 Å². The Morgan fingerprint density at radius 1 is 1.06 bits per heavy atom. The molecule has 0 amide bonds. The van der Waals surface area contributed by atoms with Crippen molar-refractivity contribution in [3.63, 3.8) is 0 Å². The van der Waals surface area contributed by atoms with E-state index in [0.717, 1.165) is 29.0 Å². The molecule has 1 N–H and O–H groups in total. The first-order chi connectivity index (χ1) is 8.81. The van der Waals surface area contributed by atoms with Gasteiger partial charge >= 0.3 is 0 Å². The van der Waals surface area contributed by atoms with Crippen molar-refractivity contribution in [2.45, 2.75) is 31.7 Å². The minimum Gasteiger partial charge on any atom is -0.497 e. The lowest BCUT2D eigenvalue weighted by Crippen LogP contribution is -2.24. The predicted octanol–water partition coefficient (Wildman–Crippen LogP) is 3.30. The SMILES string of the molecule is COc1ccc(OC)c(NC(C2CC2)C2CC2)c1. The minimum atomic E-state index is 0.631. The number of benzene rings is 1. The maximum absolute atomic E-state index is 5.43. The van der Waals surface area contributed by atoms with Gasteiger partial charge in [0.2, 0.25) is 0 Å². The van der Waals surface area contributed by atoms with Crippen LogP contribution in [0.4, 0.5) is 5.69 Å². The Labute approximate surface area is 108 Å². The molecule has 3 nitrogen and oxygen atoms in total. The van der Waals surface area contributed by atoms with Crippen LogP contribution in [0.5, 0.6) is 11.5 Å². The normalized spacial score (nSPS) is 18.8. The highest BCUT2D eigenvalue weighted by Gasteiger charge is 2.41. The van der Waals surface area contributed by atoms with Gasteiger partial charge in [0.25, 0.3) is 0 Å². The van der Waals surface area contributed by atoms with E-state index in [0.29, 0.717) is 6.04 Å². The van der Waals surface area contributed by atoms with E-state index in [1.165, 1.54) is 25.7 Å². The Hall–Kier alpha value is -1.38. The van der Waals surface area contributed by atoms with Gasteiger partial charge in [0.1, 0.15) is 11.5 Å². The fraction of sp³-hybridized carbons (Fsp3) is 0.600. The highest BCUT2D eigenvalue weighted by atomic mass is 16.5. The van der Waals surface area contributed by atoms with Crippen LogP contribution in [0.25, 0.3) is 0 Å². The Morgan fingerprint density at radius 3 is 2.22 bits per heavy atom. The maximum atomic E-state index is 5.43. The molecule has 18 heavy (non-hydrogen) atoms. The van der Waals surface area contributed by atoms with Crippen LogP contribution in [0.2, 0.25) is 0 Å². The first kappa shape index (κ1) is 11.7. The van der Waals surface area contributed by atoms with Gasteiger partial charge in [-0.3, -0.25) is 0 Å². The van der Waals surface area contributed by atoms with Crippen LogP contribution in [0.1, 0.15) is 25.7 Å². The second kappa shape index (κ2) is 4.71. The van der Waals surface area contributed by atoms with Crippen LogP contribution in [0.3, 0.4) is 0 Å². The fourth-order valence-electron chi connectivity index (χ4n) is 2.64. The lowest BCUT2D eigenvalue weighted by molar-refractivity contribution is 0.403. The smallest absolute Gasteiger partial charge is 0.142 e. The van der Waals surface area contributed by atoms with Crippen molar-refractivity contribution < 1.29 is 9.47 Å². The largest absolute Gasteiger partial charge is 0.497 e. The van der Waals surface area contributed by atoms with Crippen molar-refractivity contribution >= 4 is 5.69 Å². The highest BCUT2D eigenvalue weighted by molar-refractivity contribution is 5.60. The average molecular weight is 247 g/mol. The van der Waals surface area contributed by atoms with Crippen LogP contribution in [0.15, 0.2) is 18.2 Å². The van der Waals surface area contributed by atoms with Gasteiger partial charge in [0.15, 0.2) is 0 Å². The van der Waals surface area contributed by atoms with Crippen LogP contribution in [-0.4, -0.2) is 20.3 Å². The summed E-state index contributed by atoms with van der Waals surface area (Å²) in [4.78, 5) is 0. The summed E-state index contributed by atoms with van der Waals surface area (Å²) >= 11 is 0. The molecular weight excluding hydrogens is 226 g/mol. The molecule has 98 valence electrons. The minimum absolute atomic E-state index is 0.631. The summed E-state index contributed by atoms with van der Waals surface area (Å²) in [6.07, 6.45) is 5.50. The van der Waals surface area contributed by atoms with Gasteiger partial charge in [-0.1, -0.05) is 0 Å². The summed E-state index contributed by atoms with van der Waals surface area (Å²) in [5, 5.41) is 3.69. The van der Waals surface area contributed by atoms with E-state index in [4.69, 9.17) is 9.47 Å². The zero-order valence-corrected chi connectivity index (χ0v) is 11.1. The Balaban J connectivity index is 1.80. The van der Waals surface area contributed by atoms with Gasteiger partial charge < -0.3 is 14.8 Å². The Morgan fingerprint density at radius 2 is 1.72 bits per heavy atom. The molecule has 2 fully saturated rings. The average Bonchev–Trinajstić information content (AvgIpc) is 3.29. The van der Waals surface area contributed by atoms with Gasteiger partial charge in [-0.05, 0) is 49.7 Å². The summed E-state index contributed by atoms with van der Waals surface area (Å²) in [5.41, 5.74) is 1.07. The van der Waals surface area contributed by atoms with Crippen molar-refractivity contribution in [1.82, 2.24) is 0 Å². The molecule has 0 spiro atoms. The Kier molecular flexibility index (Phi) is 3.06. The first-order valence-electron chi connectivity index (χ1n) is 6.80. The molecule has 0 unspecified atom stereocenters. The number of methoxy groups -OCH3 is 2. The molecule has 0 aromatic heterocycles. The standard InChI is InChI=1S/C15H21NO2/c1-17-12-7-8-14(18-2)13(9-12)16-15(10-3-4-10)11-5-6-11/h7-11,15-16H,3-6H2,1-2H3. The van der Waals surface area contributed by atoms with Crippen LogP contribution in [0, 0.1) is 11.8 Å². The van der Waals surface area contributed by atoms with E-state index >= 15 is 0 Å². The molecule has 0 aliphatic heterocycles. The lowest BCUT2D eigenvalue weighted by Gasteiger charge is -2.21. The molecule has 1 aromatic carbocycles. The van der Waals surface area contributed by atoms with Crippen molar-refractivity contribution in [1.29, 1.82) is 0 Å². The monoisotopic (exact) mass is 247 g/mol. The lowest BCUT2D eigenvalue weighted by atomic mass is 10.1. The third-order valence-corrected chi connectivity index (χ3v) is 3.99. The number of hydrogen-bond acceptors (Lipinski definition) is 3. The predicted molar refractivity (Wildman–Crippen MR) is 72.4 cm³/mol. The molecule has 0 heterocycles. The molecule has 1 aromatic rings. The van der Waals surface area contributed by atoms with E-state index < -0.39 is 0 Å². The van der Waals surface area contributed by atoms with E-state index in [2.05, 4.69) is 5.32 Å². The van der Waals surface area contributed by atoms with Crippen molar-refractivity contribution in [3.05, 3.63) is 18.2 Å². The van der Waals surface area contributed by atoms with Crippen LogP contribution in [-0.2, 0) is 0 Å². The molecule has 0 radical (unpaired) electrons. The topological polar surface area (TPSA) is 30.5 Å². The first-order valence-corrected chi connectivity index (χ1v) is 6.80. The van der Waals surface area contributed by atoms with Crippen LogP contribution >= 0.6 is 0 Å². The molecule has 2 saturated carbocycles. The number of rotatable bonds is 6. The number of anilines is 1. The second-order valence-corrected chi connectivity index (χ2v) is 5.41.